The van der Waals surface area contributed by atoms with Gasteiger partial charge in [0, 0.05) is 25.9 Å². The summed E-state index contributed by atoms with van der Waals surface area (Å²) in [6.07, 6.45) is -1.04. The van der Waals surface area contributed by atoms with Crippen LogP contribution in [0.2, 0.25) is 0 Å². The molecule has 7 atom stereocenters. The maximum Gasteiger partial charge on any atom is 0.338 e. The molecule has 2 fully saturated rings. The third-order valence-electron chi connectivity index (χ3n) is 6.15. The monoisotopic (exact) mass is 473 g/mol. The van der Waals surface area contributed by atoms with Crippen molar-refractivity contribution in [1.29, 1.82) is 0 Å². The third-order valence-corrected chi connectivity index (χ3v) is 6.15. The normalized spacial score (nSPS) is 30.6. The number of carbonyl (C=O) groups is 3. The number of benzene rings is 1. The molecule has 11 heteroatoms. The van der Waals surface area contributed by atoms with Gasteiger partial charge in [-0.2, -0.15) is 0 Å². The lowest BCUT2D eigenvalue weighted by atomic mass is 9.92. The summed E-state index contributed by atoms with van der Waals surface area (Å²) >= 11 is 0. The summed E-state index contributed by atoms with van der Waals surface area (Å²) in [5.74, 6) is -1.10. The van der Waals surface area contributed by atoms with Crippen LogP contribution in [-0.2, 0) is 33.3 Å². The Morgan fingerprint density at radius 3 is 2.44 bits per heavy atom. The van der Waals surface area contributed by atoms with E-state index in [1.165, 1.54) is 7.05 Å². The molecule has 0 aromatic heterocycles. The molecule has 1 amide bonds. The molecule has 2 saturated heterocycles. The largest absolute Gasteiger partial charge is 0.457 e. The minimum Gasteiger partial charge on any atom is -0.457 e. The van der Waals surface area contributed by atoms with Gasteiger partial charge in [0.25, 0.3) is 0 Å². The highest BCUT2D eigenvalue weighted by Gasteiger charge is 2.46. The van der Waals surface area contributed by atoms with Crippen molar-refractivity contribution < 1.29 is 38.1 Å². The molecule has 2 aliphatic heterocycles. The van der Waals surface area contributed by atoms with E-state index in [0.29, 0.717) is 18.4 Å². The van der Waals surface area contributed by atoms with Crippen molar-refractivity contribution in [2.24, 2.45) is 0 Å². The third kappa shape index (κ3) is 6.84. The van der Waals surface area contributed by atoms with Gasteiger partial charge in [-0.05, 0) is 18.6 Å². The van der Waals surface area contributed by atoms with Gasteiger partial charge in [0.05, 0.1) is 30.7 Å². The van der Waals surface area contributed by atoms with Gasteiger partial charge in [-0.3, -0.25) is 9.59 Å². The van der Waals surface area contributed by atoms with Crippen LogP contribution in [0, 0.1) is 0 Å². The first-order valence-corrected chi connectivity index (χ1v) is 11.9. The van der Waals surface area contributed by atoms with Crippen molar-refractivity contribution in [1.82, 2.24) is 5.32 Å². The zero-order valence-electron chi connectivity index (χ0n) is 20.2. The molecule has 0 aliphatic carbocycles. The van der Waals surface area contributed by atoms with Gasteiger partial charge in [-0.25, -0.2) is 4.79 Å². The quantitative estimate of drug-likeness (QED) is 0.360. The van der Waals surface area contributed by atoms with Gasteiger partial charge in [0.2, 0.25) is 5.91 Å². The first-order chi connectivity index (χ1) is 16.3. The molecule has 0 saturated carbocycles. The number of hydrogen-bond donors (Lipinski definition) is 1. The summed E-state index contributed by atoms with van der Waals surface area (Å²) in [6.45, 7) is 2.12. The van der Waals surface area contributed by atoms with E-state index in [4.69, 9.17) is 23.7 Å². The van der Waals surface area contributed by atoms with Crippen LogP contribution >= 0.6 is 0 Å². The Bertz CT molecular complexity index is 842. The number of ether oxygens (including phenoxy) is 5. The molecular formula is C23H33B2NO8. The average molecular weight is 473 g/mol. The maximum atomic E-state index is 12.5. The summed E-state index contributed by atoms with van der Waals surface area (Å²) in [7, 11) is 5.32. The number of esters is 2. The molecular weight excluding hydrogens is 440 g/mol. The van der Waals surface area contributed by atoms with E-state index in [0.717, 1.165) is 0 Å². The molecule has 2 aliphatic rings. The fourth-order valence-corrected chi connectivity index (χ4v) is 4.34. The Labute approximate surface area is 202 Å². The smallest absolute Gasteiger partial charge is 0.338 e. The predicted molar refractivity (Wildman–Crippen MR) is 128 cm³/mol. The van der Waals surface area contributed by atoms with Crippen LogP contribution < -0.4 is 5.32 Å². The van der Waals surface area contributed by atoms with Gasteiger partial charge in [-0.15, -0.1) is 0 Å². The van der Waals surface area contributed by atoms with Crippen molar-refractivity contribution in [2.75, 3.05) is 13.7 Å². The van der Waals surface area contributed by atoms with E-state index >= 15 is 0 Å². The zero-order valence-corrected chi connectivity index (χ0v) is 20.2. The van der Waals surface area contributed by atoms with Crippen molar-refractivity contribution in [3.63, 3.8) is 0 Å². The Morgan fingerprint density at radius 1 is 1.03 bits per heavy atom. The molecule has 34 heavy (non-hydrogen) atoms. The number of carbonyl (C=O) groups excluding carboxylic acids is 3. The molecule has 2 unspecified atom stereocenters. The summed E-state index contributed by atoms with van der Waals surface area (Å²) < 4.78 is 29.5. The molecule has 2 heterocycles. The van der Waals surface area contributed by atoms with Crippen LogP contribution in [0.25, 0.3) is 0 Å². The minimum atomic E-state index is -0.596. The second-order valence-corrected chi connectivity index (χ2v) is 8.74. The van der Waals surface area contributed by atoms with Gasteiger partial charge >= 0.3 is 11.9 Å². The molecule has 3 rings (SSSR count). The Hall–Kier alpha value is -2.36. The fourth-order valence-electron chi connectivity index (χ4n) is 4.34. The fraction of sp³-hybridized carbons (Fsp3) is 0.609. The Balaban J connectivity index is 1.59. The van der Waals surface area contributed by atoms with Crippen molar-refractivity contribution >= 4 is 33.5 Å². The molecule has 1 N–H and O–H groups in total. The number of amides is 1. The summed E-state index contributed by atoms with van der Waals surface area (Å²) in [5, 5.41) is 2.49. The van der Waals surface area contributed by atoms with Crippen molar-refractivity contribution in [3.05, 3.63) is 35.9 Å². The maximum absolute atomic E-state index is 12.5. The van der Waals surface area contributed by atoms with Gasteiger partial charge in [0.1, 0.15) is 34.0 Å². The highest BCUT2D eigenvalue weighted by molar-refractivity contribution is 6.11. The van der Waals surface area contributed by atoms with E-state index in [-0.39, 0.29) is 43.5 Å². The standard InChI is InChI=1S/C23H33B2NO8/c1-3-14-20(34-19(28)10-9-18(27)26-2)21(22(25)32-14)30-12-16-15(11-17(24)31-16)33-23(29)13-7-5-4-6-8-13/h4-8,14-17,20-22H,3,9-12,24-25H2,1-2H3,(H,26,27)/t14-,15?,16-,17-,20?,21+,22-/m1/s1. The average Bonchev–Trinajstić information content (AvgIpc) is 3.34. The predicted octanol–water partition coefficient (Wildman–Crippen LogP) is -0.449. The van der Waals surface area contributed by atoms with Crippen LogP contribution in [0.5, 0.6) is 0 Å². The Kier molecular flexibility index (Phi) is 9.55. The van der Waals surface area contributed by atoms with Crippen LogP contribution in [0.1, 0.15) is 43.0 Å². The highest BCUT2D eigenvalue weighted by atomic mass is 16.6. The zero-order chi connectivity index (χ0) is 24.7. The number of hydrogen-bond acceptors (Lipinski definition) is 8. The van der Waals surface area contributed by atoms with Crippen LogP contribution in [0.4, 0.5) is 0 Å². The number of rotatable bonds is 10. The lowest BCUT2D eigenvalue weighted by Gasteiger charge is -2.26. The van der Waals surface area contributed by atoms with Crippen molar-refractivity contribution in [3.8, 4) is 0 Å². The lowest BCUT2D eigenvalue weighted by Crippen LogP contribution is -2.42. The highest BCUT2D eigenvalue weighted by Crippen LogP contribution is 2.30. The molecule has 1 aromatic carbocycles. The van der Waals surface area contributed by atoms with Crippen LogP contribution in [-0.4, -0.2) is 89.7 Å². The van der Waals surface area contributed by atoms with E-state index in [9.17, 15) is 14.4 Å². The Morgan fingerprint density at radius 2 is 1.76 bits per heavy atom. The summed E-state index contributed by atoms with van der Waals surface area (Å²) in [6, 6.07) is 8.44. The second-order valence-electron chi connectivity index (χ2n) is 8.74. The lowest BCUT2D eigenvalue weighted by molar-refractivity contribution is -0.160. The summed E-state index contributed by atoms with van der Waals surface area (Å²) in [4.78, 5) is 36.3. The number of nitrogens with one attached hydrogen (secondary N) is 1. The molecule has 9 nitrogen and oxygen atoms in total. The van der Waals surface area contributed by atoms with Crippen LogP contribution in [0.15, 0.2) is 30.3 Å². The molecule has 184 valence electrons. The van der Waals surface area contributed by atoms with Crippen LogP contribution in [0.3, 0.4) is 0 Å². The topological polar surface area (TPSA) is 109 Å². The first kappa shape index (κ1) is 26.2. The van der Waals surface area contributed by atoms with E-state index in [1.807, 2.05) is 28.7 Å². The van der Waals surface area contributed by atoms with Gasteiger partial charge < -0.3 is 29.0 Å². The minimum absolute atomic E-state index is 0.0194. The van der Waals surface area contributed by atoms with Gasteiger partial charge in [0.15, 0.2) is 6.10 Å². The van der Waals surface area contributed by atoms with Crippen molar-refractivity contribution in [2.45, 2.75) is 75.1 Å². The second kappa shape index (κ2) is 12.4. The first-order valence-electron chi connectivity index (χ1n) is 11.9. The van der Waals surface area contributed by atoms with E-state index in [2.05, 4.69) is 5.32 Å². The SMILES string of the molecule is B[C@@H]1O[C@H](CC)C(OC(=O)CCC(=O)NC)[C@@H]1OC[C@H]1O[C@@H](B)CC1OC(=O)c1ccccc1. The molecule has 0 bridgehead atoms. The molecule has 0 radical (unpaired) electrons. The summed E-state index contributed by atoms with van der Waals surface area (Å²) in [5.41, 5.74) is 0.481. The molecule has 0 spiro atoms. The van der Waals surface area contributed by atoms with E-state index in [1.54, 1.807) is 24.3 Å². The van der Waals surface area contributed by atoms with Gasteiger partial charge in [-0.1, -0.05) is 25.1 Å². The van der Waals surface area contributed by atoms with E-state index < -0.39 is 36.4 Å². The molecule has 1 aromatic rings.